The average Bonchev–Trinajstić information content (AvgIpc) is 3.55. The Morgan fingerprint density at radius 2 is 2.05 bits per heavy atom. The third-order valence-electron chi connectivity index (χ3n) is 6.39. The van der Waals surface area contributed by atoms with Crippen LogP contribution >= 0.6 is 0 Å². The minimum absolute atomic E-state index is 0.281. The van der Waals surface area contributed by atoms with Crippen molar-refractivity contribution in [2.24, 2.45) is 5.92 Å². The zero-order chi connectivity index (χ0) is 25.6. The van der Waals surface area contributed by atoms with Crippen LogP contribution < -0.4 is 15.4 Å². The highest BCUT2D eigenvalue weighted by atomic mass is 19.1. The van der Waals surface area contributed by atoms with Gasteiger partial charge in [0.05, 0.1) is 5.39 Å². The molecule has 1 aliphatic rings. The van der Waals surface area contributed by atoms with Crippen molar-refractivity contribution < 1.29 is 13.9 Å². The molecule has 5 rings (SSSR count). The molecule has 1 aliphatic heterocycles. The largest absolute Gasteiger partial charge is 0.438 e. The Morgan fingerprint density at radius 3 is 2.86 bits per heavy atom. The molecule has 1 saturated heterocycles. The summed E-state index contributed by atoms with van der Waals surface area (Å²) >= 11 is 0. The van der Waals surface area contributed by atoms with Crippen LogP contribution in [-0.2, 0) is 11.2 Å². The zero-order valence-corrected chi connectivity index (χ0v) is 20.4. The molecule has 8 nitrogen and oxygen atoms in total. The summed E-state index contributed by atoms with van der Waals surface area (Å²) in [6.07, 6.45) is 5.08. The molecule has 4 aromatic rings. The minimum Gasteiger partial charge on any atom is -0.438 e. The predicted molar refractivity (Wildman–Crippen MR) is 143 cm³/mol. The number of carbonyl (C=O) groups excluding carboxylic acids is 1. The maximum Gasteiger partial charge on any atom is 0.247 e. The van der Waals surface area contributed by atoms with E-state index in [9.17, 15) is 9.18 Å². The number of hydrogen-bond donors (Lipinski definition) is 3. The first kappa shape index (κ1) is 24.5. The number of nitrogens with one attached hydrogen (secondary N) is 3. The van der Waals surface area contributed by atoms with E-state index in [1.807, 2.05) is 18.2 Å². The molecule has 1 fully saturated rings. The third kappa shape index (κ3) is 6.13. The van der Waals surface area contributed by atoms with Crippen LogP contribution in [0.15, 0.2) is 73.4 Å². The van der Waals surface area contributed by atoms with Crippen LogP contribution in [0.3, 0.4) is 0 Å². The number of carbonyl (C=O) groups is 1. The number of hydrogen-bond acceptors (Lipinski definition) is 6. The molecule has 2 aromatic heterocycles. The summed E-state index contributed by atoms with van der Waals surface area (Å²) in [5.41, 5.74) is 3.35. The summed E-state index contributed by atoms with van der Waals surface area (Å²) in [4.78, 5) is 26.1. The van der Waals surface area contributed by atoms with Gasteiger partial charge < -0.3 is 25.3 Å². The van der Waals surface area contributed by atoms with Gasteiger partial charge in [-0.15, -0.1) is 0 Å². The van der Waals surface area contributed by atoms with Gasteiger partial charge in [0.25, 0.3) is 0 Å². The van der Waals surface area contributed by atoms with Crippen molar-refractivity contribution in [1.82, 2.24) is 19.9 Å². The van der Waals surface area contributed by atoms with E-state index in [1.54, 1.807) is 30.5 Å². The van der Waals surface area contributed by atoms with Crippen LogP contribution in [0.2, 0.25) is 0 Å². The van der Waals surface area contributed by atoms with Gasteiger partial charge in [0.2, 0.25) is 17.7 Å². The van der Waals surface area contributed by atoms with Crippen molar-refractivity contribution >= 4 is 34.3 Å². The van der Waals surface area contributed by atoms with Crippen LogP contribution in [0.25, 0.3) is 11.0 Å². The SMILES string of the molecule is C=CC(=O)Nc1cccc(Oc2nc(Nc3ccc(CC4CCN(CCF)C4)cc3)nc3[nH]ccc23)c1. The maximum atomic E-state index is 12.6. The fourth-order valence-corrected chi connectivity index (χ4v) is 4.58. The molecule has 0 bridgehead atoms. The molecule has 1 atom stereocenters. The number of nitrogens with zero attached hydrogens (tertiary/aromatic N) is 3. The molecular formula is C28H29FN6O2. The second kappa shape index (κ2) is 11.2. The van der Waals surface area contributed by atoms with E-state index in [0.29, 0.717) is 41.4 Å². The number of aromatic nitrogens is 3. The van der Waals surface area contributed by atoms with Crippen molar-refractivity contribution in [1.29, 1.82) is 0 Å². The predicted octanol–water partition coefficient (Wildman–Crippen LogP) is 5.45. The van der Waals surface area contributed by atoms with Gasteiger partial charge in [-0.3, -0.25) is 4.79 Å². The number of rotatable bonds is 10. The molecule has 2 aromatic carbocycles. The summed E-state index contributed by atoms with van der Waals surface area (Å²) in [6.45, 7) is 5.66. The number of halogens is 1. The van der Waals surface area contributed by atoms with Crippen LogP contribution in [0.5, 0.6) is 11.6 Å². The highest BCUT2D eigenvalue weighted by molar-refractivity contribution is 5.99. The fraction of sp³-hybridized carbons (Fsp3) is 0.250. The van der Waals surface area contributed by atoms with E-state index in [2.05, 4.69) is 49.2 Å². The van der Waals surface area contributed by atoms with Gasteiger partial charge >= 0.3 is 0 Å². The lowest BCUT2D eigenvalue weighted by Gasteiger charge is -2.14. The number of H-pyrrole nitrogens is 1. The third-order valence-corrected chi connectivity index (χ3v) is 6.39. The highest BCUT2D eigenvalue weighted by Gasteiger charge is 2.22. The van der Waals surface area contributed by atoms with Crippen molar-refractivity contribution in [3.63, 3.8) is 0 Å². The van der Waals surface area contributed by atoms with Crippen molar-refractivity contribution in [2.75, 3.05) is 36.9 Å². The lowest BCUT2D eigenvalue weighted by molar-refractivity contribution is -0.111. The van der Waals surface area contributed by atoms with Gasteiger partial charge in [-0.2, -0.15) is 9.97 Å². The van der Waals surface area contributed by atoms with Crippen molar-refractivity contribution in [3.8, 4) is 11.6 Å². The molecule has 0 radical (unpaired) electrons. The average molecular weight is 501 g/mol. The van der Waals surface area contributed by atoms with Crippen LogP contribution in [-0.4, -0.2) is 52.1 Å². The van der Waals surface area contributed by atoms with Crippen molar-refractivity contribution in [3.05, 3.63) is 79.0 Å². The molecule has 1 amide bonds. The van der Waals surface area contributed by atoms with Crippen LogP contribution in [0.4, 0.5) is 21.7 Å². The number of alkyl halides is 1. The summed E-state index contributed by atoms with van der Waals surface area (Å²) in [7, 11) is 0. The van der Waals surface area contributed by atoms with E-state index >= 15 is 0 Å². The number of benzene rings is 2. The van der Waals surface area contributed by atoms with Gasteiger partial charge in [0.15, 0.2) is 0 Å². The molecule has 0 aliphatic carbocycles. The summed E-state index contributed by atoms with van der Waals surface area (Å²) in [5.74, 6) is 1.57. The number of ether oxygens (including phenoxy) is 1. The second-order valence-corrected chi connectivity index (χ2v) is 9.09. The number of likely N-dealkylation sites (tertiary alicyclic amines) is 1. The molecule has 9 heteroatoms. The van der Waals surface area contributed by atoms with Gasteiger partial charge in [-0.25, -0.2) is 4.39 Å². The van der Waals surface area contributed by atoms with Crippen LogP contribution in [0, 0.1) is 5.92 Å². The van der Waals surface area contributed by atoms with Crippen molar-refractivity contribution in [2.45, 2.75) is 12.8 Å². The summed E-state index contributed by atoms with van der Waals surface area (Å²) in [5, 5.41) is 6.72. The molecule has 0 spiro atoms. The highest BCUT2D eigenvalue weighted by Crippen LogP contribution is 2.30. The lowest BCUT2D eigenvalue weighted by Crippen LogP contribution is -2.23. The monoisotopic (exact) mass is 500 g/mol. The topological polar surface area (TPSA) is 95.2 Å². The molecule has 190 valence electrons. The fourth-order valence-electron chi connectivity index (χ4n) is 4.58. The number of fused-ring (bicyclic) bond motifs is 1. The Hall–Kier alpha value is -4.24. The Kier molecular flexibility index (Phi) is 7.41. The molecule has 1 unspecified atom stereocenters. The summed E-state index contributed by atoms with van der Waals surface area (Å²) < 4.78 is 18.7. The zero-order valence-electron chi connectivity index (χ0n) is 20.4. The smallest absolute Gasteiger partial charge is 0.247 e. The molecular weight excluding hydrogens is 471 g/mol. The van der Waals surface area contributed by atoms with Crippen LogP contribution in [0.1, 0.15) is 12.0 Å². The Labute approximate surface area is 214 Å². The standard InChI is InChI=1S/C28H29FN6O2/c1-2-25(36)31-22-4-3-5-23(17-22)37-27-24-10-13-30-26(24)33-28(34-27)32-21-8-6-19(7-9-21)16-20-11-14-35(18-20)15-12-29/h2-10,13,17,20H,1,11-12,14-16,18H2,(H,31,36)(H2,30,32,33,34). The first-order valence-electron chi connectivity index (χ1n) is 12.3. The minimum atomic E-state index is -0.299. The molecule has 0 saturated carbocycles. The first-order valence-corrected chi connectivity index (χ1v) is 12.3. The number of amides is 1. The van der Waals surface area contributed by atoms with E-state index in [1.165, 1.54) is 11.6 Å². The lowest BCUT2D eigenvalue weighted by atomic mass is 9.98. The van der Waals surface area contributed by atoms with Gasteiger partial charge in [-0.1, -0.05) is 24.8 Å². The molecule has 3 N–H and O–H groups in total. The van der Waals surface area contributed by atoms with E-state index in [0.717, 1.165) is 37.0 Å². The molecule has 37 heavy (non-hydrogen) atoms. The number of aromatic amines is 1. The first-order chi connectivity index (χ1) is 18.1. The Balaban J connectivity index is 1.28. The Morgan fingerprint density at radius 1 is 1.19 bits per heavy atom. The van der Waals surface area contributed by atoms with Gasteiger partial charge in [0, 0.05) is 36.7 Å². The van der Waals surface area contributed by atoms with E-state index < -0.39 is 0 Å². The molecule has 3 heterocycles. The van der Waals surface area contributed by atoms with E-state index in [-0.39, 0.29) is 12.6 Å². The van der Waals surface area contributed by atoms with Gasteiger partial charge in [0.1, 0.15) is 18.1 Å². The Bertz CT molecular complexity index is 1390. The van der Waals surface area contributed by atoms with E-state index in [4.69, 9.17) is 4.74 Å². The maximum absolute atomic E-state index is 12.6. The quantitative estimate of drug-likeness (QED) is 0.251. The summed E-state index contributed by atoms with van der Waals surface area (Å²) in [6, 6.07) is 17.1. The second-order valence-electron chi connectivity index (χ2n) is 9.09. The number of anilines is 3. The van der Waals surface area contributed by atoms with Gasteiger partial charge in [-0.05, 0) is 67.3 Å². The normalized spacial score (nSPS) is 15.5.